The van der Waals surface area contributed by atoms with Crippen LogP contribution in [0, 0.1) is 0 Å². The Bertz CT molecular complexity index is 350. The largest absolute Gasteiger partial charge is 0.497 e. The highest BCUT2D eigenvalue weighted by atomic mass is 16.5. The molecule has 1 aromatic carbocycles. The van der Waals surface area contributed by atoms with Gasteiger partial charge in [0.15, 0.2) is 5.78 Å². The minimum atomic E-state index is -0.00277. The van der Waals surface area contributed by atoms with E-state index in [1.54, 1.807) is 32.4 Å². The van der Waals surface area contributed by atoms with Gasteiger partial charge in [-0.1, -0.05) is 0 Å². The molecule has 0 saturated heterocycles. The molecule has 0 aliphatic rings. The number of benzene rings is 1. The highest BCUT2D eigenvalue weighted by Gasteiger charge is 2.11. The highest BCUT2D eigenvalue weighted by molar-refractivity contribution is 6.00. The molecule has 0 bridgehead atoms. The van der Waals surface area contributed by atoms with Crippen molar-refractivity contribution in [2.24, 2.45) is 0 Å². The average Bonchev–Trinajstić information content (AvgIpc) is 2.28. The van der Waals surface area contributed by atoms with Crippen LogP contribution in [0.2, 0.25) is 0 Å². The van der Waals surface area contributed by atoms with E-state index in [0.717, 1.165) is 0 Å². The molecule has 4 heteroatoms. The molecule has 0 spiro atoms. The van der Waals surface area contributed by atoms with Crippen molar-refractivity contribution in [2.75, 3.05) is 27.8 Å². The summed E-state index contributed by atoms with van der Waals surface area (Å²) in [7, 11) is 4.84. The van der Waals surface area contributed by atoms with Crippen molar-refractivity contribution in [3.05, 3.63) is 23.8 Å². The molecule has 1 aromatic rings. The second-order valence-corrected chi connectivity index (χ2v) is 3.02. The number of ether oxygens (including phenoxy) is 2. The van der Waals surface area contributed by atoms with Crippen molar-refractivity contribution in [3.8, 4) is 11.5 Å². The zero-order valence-electron chi connectivity index (χ0n) is 9.16. The van der Waals surface area contributed by atoms with Crippen LogP contribution in [0.25, 0.3) is 0 Å². The summed E-state index contributed by atoms with van der Waals surface area (Å²) >= 11 is 0. The number of likely N-dealkylation sites (N-methyl/N-ethyl adjacent to an activating group) is 1. The second-order valence-electron chi connectivity index (χ2n) is 3.02. The van der Waals surface area contributed by atoms with Gasteiger partial charge in [-0.15, -0.1) is 0 Å². The molecule has 0 amide bonds. The number of Topliss-reactive ketones (excluding diaryl/α,β-unsaturated/α-hetero) is 1. The maximum Gasteiger partial charge on any atom is 0.180 e. The molecule has 0 fully saturated rings. The Morgan fingerprint density at radius 1 is 1.33 bits per heavy atom. The third kappa shape index (κ3) is 2.70. The van der Waals surface area contributed by atoms with Gasteiger partial charge >= 0.3 is 0 Å². The fourth-order valence-corrected chi connectivity index (χ4v) is 1.28. The molecule has 0 radical (unpaired) electrons. The van der Waals surface area contributed by atoms with Crippen molar-refractivity contribution >= 4 is 5.78 Å². The van der Waals surface area contributed by atoms with Crippen LogP contribution in [0.4, 0.5) is 0 Å². The van der Waals surface area contributed by atoms with Crippen LogP contribution in [0.5, 0.6) is 11.5 Å². The number of ketones is 1. The second kappa shape index (κ2) is 5.36. The van der Waals surface area contributed by atoms with Crippen LogP contribution in [0.3, 0.4) is 0 Å². The molecule has 0 atom stereocenters. The summed E-state index contributed by atoms with van der Waals surface area (Å²) < 4.78 is 10.2. The highest BCUT2D eigenvalue weighted by Crippen LogP contribution is 2.24. The van der Waals surface area contributed by atoms with Crippen molar-refractivity contribution in [3.63, 3.8) is 0 Å². The Kier molecular flexibility index (Phi) is 4.12. The van der Waals surface area contributed by atoms with Gasteiger partial charge in [-0.25, -0.2) is 0 Å². The number of rotatable bonds is 5. The third-order valence-corrected chi connectivity index (χ3v) is 2.05. The van der Waals surface area contributed by atoms with Crippen LogP contribution >= 0.6 is 0 Å². The molecule has 0 heterocycles. The number of methoxy groups -OCH3 is 2. The molecule has 4 nitrogen and oxygen atoms in total. The molecular weight excluding hydrogens is 194 g/mol. The minimum Gasteiger partial charge on any atom is -0.497 e. The summed E-state index contributed by atoms with van der Waals surface area (Å²) in [5.74, 6) is 1.21. The topological polar surface area (TPSA) is 47.6 Å². The van der Waals surface area contributed by atoms with E-state index in [1.807, 2.05) is 0 Å². The van der Waals surface area contributed by atoms with E-state index in [1.165, 1.54) is 7.11 Å². The maximum absolute atomic E-state index is 11.6. The fraction of sp³-hybridized carbons (Fsp3) is 0.364. The van der Waals surface area contributed by atoms with E-state index in [4.69, 9.17) is 9.47 Å². The summed E-state index contributed by atoms with van der Waals surface area (Å²) in [6.07, 6.45) is 0. The maximum atomic E-state index is 11.6. The van der Waals surface area contributed by atoms with Gasteiger partial charge in [0.25, 0.3) is 0 Å². The van der Waals surface area contributed by atoms with Crippen LogP contribution in [-0.2, 0) is 0 Å². The summed E-state index contributed by atoms with van der Waals surface area (Å²) in [5, 5.41) is 2.81. The summed E-state index contributed by atoms with van der Waals surface area (Å²) in [6.45, 7) is 0.294. The zero-order valence-corrected chi connectivity index (χ0v) is 9.16. The van der Waals surface area contributed by atoms with Gasteiger partial charge in [0.1, 0.15) is 11.5 Å². The molecule has 0 saturated carbocycles. The molecule has 1 N–H and O–H groups in total. The smallest absolute Gasteiger partial charge is 0.180 e. The minimum absolute atomic E-state index is 0.00277. The van der Waals surface area contributed by atoms with Crippen molar-refractivity contribution in [1.82, 2.24) is 5.32 Å². The molecule has 15 heavy (non-hydrogen) atoms. The number of carbonyl (C=O) groups is 1. The van der Waals surface area contributed by atoms with Crippen LogP contribution in [-0.4, -0.2) is 33.6 Å². The van der Waals surface area contributed by atoms with Crippen molar-refractivity contribution in [1.29, 1.82) is 0 Å². The standard InChI is InChI=1S/C11H15NO3/c1-12-7-10(13)9-5-4-8(14-2)6-11(9)15-3/h4-6,12H,7H2,1-3H3. The molecule has 1 rings (SSSR count). The first-order chi connectivity index (χ1) is 7.22. The van der Waals surface area contributed by atoms with E-state index in [0.29, 0.717) is 23.6 Å². The lowest BCUT2D eigenvalue weighted by Crippen LogP contribution is -2.19. The van der Waals surface area contributed by atoms with Gasteiger partial charge in [0.2, 0.25) is 0 Å². The fourth-order valence-electron chi connectivity index (χ4n) is 1.28. The molecule has 82 valence electrons. The molecular formula is C11H15NO3. The van der Waals surface area contributed by atoms with Gasteiger partial charge in [-0.3, -0.25) is 4.79 Å². The van der Waals surface area contributed by atoms with Crippen molar-refractivity contribution < 1.29 is 14.3 Å². The number of hydrogen-bond acceptors (Lipinski definition) is 4. The first kappa shape index (κ1) is 11.5. The number of nitrogens with one attached hydrogen (secondary N) is 1. The van der Waals surface area contributed by atoms with Crippen LogP contribution < -0.4 is 14.8 Å². The van der Waals surface area contributed by atoms with Gasteiger partial charge in [0.05, 0.1) is 26.3 Å². The average molecular weight is 209 g/mol. The predicted octanol–water partition coefficient (Wildman–Crippen LogP) is 1.11. The Labute approximate surface area is 89.2 Å². The first-order valence-corrected chi connectivity index (χ1v) is 4.62. The zero-order chi connectivity index (χ0) is 11.3. The van der Waals surface area contributed by atoms with E-state index >= 15 is 0 Å². The van der Waals surface area contributed by atoms with Crippen molar-refractivity contribution in [2.45, 2.75) is 0 Å². The molecule has 0 aliphatic carbocycles. The Morgan fingerprint density at radius 2 is 2.07 bits per heavy atom. The third-order valence-electron chi connectivity index (χ3n) is 2.05. The van der Waals surface area contributed by atoms with Gasteiger partial charge in [-0.2, -0.15) is 0 Å². The Morgan fingerprint density at radius 3 is 2.60 bits per heavy atom. The van der Waals surface area contributed by atoms with Gasteiger partial charge in [-0.05, 0) is 19.2 Å². The Balaban J connectivity index is 3.02. The lowest BCUT2D eigenvalue weighted by atomic mass is 10.1. The summed E-state index contributed by atoms with van der Waals surface area (Å²) in [5.41, 5.74) is 0.563. The van der Waals surface area contributed by atoms with Gasteiger partial charge < -0.3 is 14.8 Å². The lowest BCUT2D eigenvalue weighted by molar-refractivity contribution is 0.0990. The van der Waals surface area contributed by atoms with E-state index < -0.39 is 0 Å². The van der Waals surface area contributed by atoms with Crippen LogP contribution in [0.1, 0.15) is 10.4 Å². The molecule has 0 aliphatic heterocycles. The quantitative estimate of drug-likeness (QED) is 0.738. The number of carbonyl (C=O) groups excluding carboxylic acids is 1. The SMILES string of the molecule is CNCC(=O)c1ccc(OC)cc1OC. The molecule has 0 aromatic heterocycles. The molecule has 0 unspecified atom stereocenters. The van der Waals surface area contributed by atoms with Crippen LogP contribution in [0.15, 0.2) is 18.2 Å². The van der Waals surface area contributed by atoms with Gasteiger partial charge in [0, 0.05) is 6.07 Å². The number of hydrogen-bond donors (Lipinski definition) is 1. The summed E-state index contributed by atoms with van der Waals surface area (Å²) in [4.78, 5) is 11.6. The summed E-state index contributed by atoms with van der Waals surface area (Å²) in [6, 6.07) is 5.14. The van der Waals surface area contributed by atoms with E-state index in [-0.39, 0.29) is 5.78 Å². The normalized spacial score (nSPS) is 9.80. The first-order valence-electron chi connectivity index (χ1n) is 4.62. The Hall–Kier alpha value is -1.55. The van der Waals surface area contributed by atoms with E-state index in [9.17, 15) is 4.79 Å². The lowest BCUT2D eigenvalue weighted by Gasteiger charge is -2.09. The predicted molar refractivity (Wildman–Crippen MR) is 57.8 cm³/mol. The monoisotopic (exact) mass is 209 g/mol. The van der Waals surface area contributed by atoms with E-state index in [2.05, 4.69) is 5.32 Å².